The van der Waals surface area contributed by atoms with Gasteiger partial charge < -0.3 is 77.4 Å². The van der Waals surface area contributed by atoms with Gasteiger partial charge >= 0.3 is 6.09 Å². The maximum atomic E-state index is 12.3. The SMILES string of the molecule is Nc1ccccc1OCCOCCOCCOCCOCCOCCOCCOCCOCCOCCOCCOCCOCCNC(=O)OCC1c2ccccc2-c2ccccc21. The molecule has 0 heterocycles. The standard InChI is InChI=1S/C47H70N2O15/c48-45-11-5-6-12-46(45)63-38-37-62-36-35-61-34-33-60-32-31-59-30-29-58-28-27-57-26-25-56-24-23-55-22-21-54-20-19-53-18-17-52-16-15-51-14-13-49-47(50)64-39-44-42-9-3-1-7-40(42)41-8-2-4-10-43(41)44/h1-12,44H,13-39,48H2,(H,49,50). The number of alkyl carbamates (subject to hydrolysis) is 1. The van der Waals surface area contributed by atoms with Gasteiger partial charge in [-0.1, -0.05) is 60.7 Å². The van der Waals surface area contributed by atoms with Gasteiger partial charge in [0, 0.05) is 12.5 Å². The van der Waals surface area contributed by atoms with E-state index >= 15 is 0 Å². The smallest absolute Gasteiger partial charge is 0.407 e. The van der Waals surface area contributed by atoms with Crippen molar-refractivity contribution in [2.45, 2.75) is 5.92 Å². The molecule has 1 aliphatic carbocycles. The second kappa shape index (κ2) is 36.3. The van der Waals surface area contributed by atoms with Gasteiger partial charge in [-0.25, -0.2) is 4.79 Å². The second-order valence-electron chi connectivity index (χ2n) is 14.0. The third-order valence-electron chi connectivity index (χ3n) is 9.36. The fraction of sp³-hybridized carbons (Fsp3) is 0.596. The van der Waals surface area contributed by atoms with E-state index in [0.717, 1.165) is 0 Å². The molecule has 1 amide bonds. The quantitative estimate of drug-likeness (QED) is 0.0603. The molecule has 0 bridgehead atoms. The molecule has 3 aromatic rings. The van der Waals surface area contributed by atoms with E-state index in [2.05, 4.69) is 29.6 Å². The number of nitrogens with one attached hydrogen (secondary N) is 1. The molecule has 0 spiro atoms. The molecule has 17 nitrogen and oxygen atoms in total. The molecule has 0 fully saturated rings. The number of anilines is 1. The number of amides is 1. The van der Waals surface area contributed by atoms with Gasteiger partial charge in [0.1, 0.15) is 19.0 Å². The Hall–Kier alpha value is -3.95. The Morgan fingerprint density at radius 1 is 0.406 bits per heavy atom. The number of fused-ring (bicyclic) bond motifs is 3. The van der Waals surface area contributed by atoms with Crippen LogP contribution in [0.5, 0.6) is 5.75 Å². The van der Waals surface area contributed by atoms with Crippen molar-refractivity contribution in [3.8, 4) is 16.9 Å². The first-order valence-corrected chi connectivity index (χ1v) is 22.2. The third kappa shape index (κ3) is 23.8. The minimum Gasteiger partial charge on any atom is -0.489 e. The third-order valence-corrected chi connectivity index (χ3v) is 9.36. The molecule has 64 heavy (non-hydrogen) atoms. The average molecular weight is 903 g/mol. The lowest BCUT2D eigenvalue weighted by molar-refractivity contribution is -0.0285. The van der Waals surface area contributed by atoms with Gasteiger partial charge in [0.15, 0.2) is 0 Å². The summed E-state index contributed by atoms with van der Waals surface area (Å²) in [7, 11) is 0. The molecule has 358 valence electrons. The summed E-state index contributed by atoms with van der Waals surface area (Å²) in [5, 5.41) is 2.74. The van der Waals surface area contributed by atoms with Crippen LogP contribution >= 0.6 is 0 Å². The molecule has 3 N–H and O–H groups in total. The number of hydrogen-bond acceptors (Lipinski definition) is 16. The van der Waals surface area contributed by atoms with Crippen LogP contribution in [0.25, 0.3) is 11.1 Å². The number of carbonyl (C=O) groups excluding carboxylic acids is 1. The second-order valence-corrected chi connectivity index (χ2v) is 14.0. The van der Waals surface area contributed by atoms with Crippen molar-refractivity contribution < 1.29 is 71.1 Å². The largest absolute Gasteiger partial charge is 0.489 e. The highest BCUT2D eigenvalue weighted by Crippen LogP contribution is 2.44. The van der Waals surface area contributed by atoms with Gasteiger partial charge in [-0.15, -0.1) is 0 Å². The number of benzene rings is 3. The van der Waals surface area contributed by atoms with Gasteiger partial charge in [-0.2, -0.15) is 0 Å². The Kier molecular flexibility index (Phi) is 29.9. The lowest BCUT2D eigenvalue weighted by atomic mass is 9.98. The normalized spacial score (nSPS) is 12.1. The average Bonchev–Trinajstić information content (AvgIpc) is 3.64. The summed E-state index contributed by atoms with van der Waals surface area (Å²) in [5.41, 5.74) is 11.2. The molecule has 0 unspecified atom stereocenters. The summed E-state index contributed by atoms with van der Waals surface area (Å²) in [4.78, 5) is 12.3. The number of carbonyl (C=O) groups is 1. The van der Waals surface area contributed by atoms with Gasteiger partial charge in [0.2, 0.25) is 0 Å². The van der Waals surface area contributed by atoms with E-state index < -0.39 is 6.09 Å². The summed E-state index contributed by atoms with van der Waals surface area (Å²) in [6.07, 6.45) is -0.455. The number of para-hydroxylation sites is 2. The van der Waals surface area contributed by atoms with Crippen molar-refractivity contribution in [1.29, 1.82) is 0 Å². The predicted octanol–water partition coefficient (Wildman–Crippen LogP) is 4.39. The molecule has 0 radical (unpaired) electrons. The number of nitrogen functional groups attached to an aromatic ring is 1. The van der Waals surface area contributed by atoms with Gasteiger partial charge in [0.25, 0.3) is 0 Å². The van der Waals surface area contributed by atoms with Gasteiger partial charge in [-0.3, -0.25) is 0 Å². The van der Waals surface area contributed by atoms with Crippen molar-refractivity contribution in [3.05, 3.63) is 83.9 Å². The van der Waals surface area contributed by atoms with E-state index in [0.29, 0.717) is 183 Å². The summed E-state index contributed by atoms with van der Waals surface area (Å²) in [6, 6.07) is 23.9. The highest BCUT2D eigenvalue weighted by Gasteiger charge is 2.29. The van der Waals surface area contributed by atoms with Crippen molar-refractivity contribution >= 4 is 11.8 Å². The molecule has 3 aromatic carbocycles. The Bertz CT molecular complexity index is 1560. The van der Waals surface area contributed by atoms with Crippen LogP contribution in [0.2, 0.25) is 0 Å². The first-order valence-electron chi connectivity index (χ1n) is 22.2. The minimum absolute atomic E-state index is 0.0324. The van der Waals surface area contributed by atoms with Crippen LogP contribution in [0.4, 0.5) is 10.5 Å². The van der Waals surface area contributed by atoms with Crippen LogP contribution in [0.1, 0.15) is 17.0 Å². The fourth-order valence-electron chi connectivity index (χ4n) is 6.22. The first kappa shape index (κ1) is 52.7. The highest BCUT2D eigenvalue weighted by atomic mass is 16.6. The predicted molar refractivity (Wildman–Crippen MR) is 239 cm³/mol. The Labute approximate surface area is 378 Å². The van der Waals surface area contributed by atoms with Crippen LogP contribution in [0.3, 0.4) is 0 Å². The zero-order chi connectivity index (χ0) is 44.8. The first-order chi connectivity index (χ1) is 31.7. The molecular formula is C47H70N2O15. The van der Waals surface area contributed by atoms with E-state index in [1.807, 2.05) is 42.5 Å². The maximum Gasteiger partial charge on any atom is 0.407 e. The highest BCUT2D eigenvalue weighted by molar-refractivity contribution is 5.79. The lowest BCUT2D eigenvalue weighted by Crippen LogP contribution is -2.29. The zero-order valence-electron chi connectivity index (χ0n) is 37.3. The van der Waals surface area contributed by atoms with Crippen molar-refractivity contribution in [3.63, 3.8) is 0 Å². The molecule has 0 atom stereocenters. The molecule has 0 saturated carbocycles. The molecule has 0 aliphatic heterocycles. The molecule has 0 aromatic heterocycles. The van der Waals surface area contributed by atoms with Crippen LogP contribution in [-0.4, -0.2) is 184 Å². The molecule has 4 rings (SSSR count). The van der Waals surface area contributed by atoms with E-state index in [9.17, 15) is 4.79 Å². The van der Waals surface area contributed by atoms with Crippen molar-refractivity contribution in [2.24, 2.45) is 0 Å². The molecular weight excluding hydrogens is 833 g/mol. The van der Waals surface area contributed by atoms with Crippen LogP contribution in [0, 0.1) is 0 Å². The van der Waals surface area contributed by atoms with Crippen LogP contribution < -0.4 is 15.8 Å². The summed E-state index contributed by atoms with van der Waals surface area (Å²) in [5.74, 6) is 0.696. The van der Waals surface area contributed by atoms with E-state index in [-0.39, 0.29) is 12.5 Å². The Morgan fingerprint density at radius 2 is 0.719 bits per heavy atom. The maximum absolute atomic E-state index is 12.3. The van der Waals surface area contributed by atoms with Crippen LogP contribution in [-0.2, 0) is 61.6 Å². The number of hydrogen-bond donors (Lipinski definition) is 2. The topological polar surface area (TPSA) is 184 Å². The van der Waals surface area contributed by atoms with Crippen LogP contribution in [0.15, 0.2) is 72.8 Å². The number of ether oxygens (including phenoxy) is 14. The van der Waals surface area contributed by atoms with Gasteiger partial charge in [-0.05, 0) is 34.4 Å². The zero-order valence-corrected chi connectivity index (χ0v) is 37.3. The van der Waals surface area contributed by atoms with Crippen molar-refractivity contribution in [1.82, 2.24) is 5.32 Å². The summed E-state index contributed by atoms with van der Waals surface area (Å²) in [6.45, 7) is 12.4. The minimum atomic E-state index is -0.455. The summed E-state index contributed by atoms with van der Waals surface area (Å²) >= 11 is 0. The van der Waals surface area contributed by atoms with Gasteiger partial charge in [0.05, 0.1) is 164 Å². The van der Waals surface area contributed by atoms with E-state index in [1.54, 1.807) is 6.07 Å². The monoisotopic (exact) mass is 902 g/mol. The van der Waals surface area contributed by atoms with E-state index in [4.69, 9.17) is 72.0 Å². The van der Waals surface area contributed by atoms with E-state index in [1.165, 1.54) is 22.3 Å². The van der Waals surface area contributed by atoms with Crippen molar-refractivity contribution in [2.75, 3.05) is 184 Å². The number of rotatable bonds is 42. The summed E-state index contributed by atoms with van der Waals surface area (Å²) < 4.78 is 77.2. The Balaban J connectivity index is 0.754. The molecule has 1 aliphatic rings. The molecule has 17 heteroatoms. The Morgan fingerprint density at radius 3 is 1.09 bits per heavy atom. The molecule has 0 saturated heterocycles. The lowest BCUT2D eigenvalue weighted by Gasteiger charge is -2.14. The number of nitrogens with two attached hydrogens (primary N) is 1. The fourth-order valence-corrected chi connectivity index (χ4v) is 6.22.